The molecule has 116 valence electrons. The van der Waals surface area contributed by atoms with E-state index in [1.165, 1.54) is 4.68 Å². The van der Waals surface area contributed by atoms with Gasteiger partial charge in [-0.2, -0.15) is 0 Å². The molecule has 23 heavy (non-hydrogen) atoms. The lowest BCUT2D eigenvalue weighted by Crippen LogP contribution is -2.02. The third kappa shape index (κ3) is 3.02. The molecule has 1 heterocycles. The Bertz CT molecular complexity index is 842. The van der Waals surface area contributed by atoms with Crippen molar-refractivity contribution in [2.45, 2.75) is 0 Å². The van der Waals surface area contributed by atoms with Gasteiger partial charge in [0.05, 0.1) is 12.8 Å². The number of benzene rings is 2. The van der Waals surface area contributed by atoms with Crippen molar-refractivity contribution < 1.29 is 14.6 Å². The van der Waals surface area contributed by atoms with Crippen molar-refractivity contribution in [3.05, 3.63) is 59.4 Å². The number of hydrogen-bond acceptors (Lipinski definition) is 4. The molecule has 0 spiro atoms. The number of carbonyl (C=O) groups is 1. The molecule has 0 saturated carbocycles. The van der Waals surface area contributed by atoms with Crippen molar-refractivity contribution in [3.8, 4) is 22.8 Å². The summed E-state index contributed by atoms with van der Waals surface area (Å²) >= 11 is 5.89. The summed E-state index contributed by atoms with van der Waals surface area (Å²) in [5.41, 5.74) is 1.39. The SMILES string of the molecule is COc1ccc(-n2nc(C(=O)O)nc2-c2ccc(Cl)cc2)cc1. The smallest absolute Gasteiger partial charge is 0.375 e. The van der Waals surface area contributed by atoms with Gasteiger partial charge in [0.1, 0.15) is 5.75 Å². The number of aromatic carboxylic acids is 1. The zero-order chi connectivity index (χ0) is 16.4. The zero-order valence-corrected chi connectivity index (χ0v) is 12.9. The van der Waals surface area contributed by atoms with Gasteiger partial charge in [-0.3, -0.25) is 0 Å². The minimum Gasteiger partial charge on any atom is -0.497 e. The van der Waals surface area contributed by atoms with E-state index in [0.29, 0.717) is 27.8 Å². The first-order valence-corrected chi connectivity index (χ1v) is 7.07. The Kier molecular flexibility index (Phi) is 3.99. The molecule has 7 heteroatoms. The number of hydrogen-bond donors (Lipinski definition) is 1. The van der Waals surface area contributed by atoms with Crippen LogP contribution in [0.4, 0.5) is 0 Å². The number of nitrogens with zero attached hydrogens (tertiary/aromatic N) is 3. The second kappa shape index (κ2) is 6.10. The lowest BCUT2D eigenvalue weighted by Gasteiger charge is -2.07. The van der Waals surface area contributed by atoms with E-state index >= 15 is 0 Å². The Labute approximate surface area is 136 Å². The molecule has 6 nitrogen and oxygen atoms in total. The van der Waals surface area contributed by atoms with Crippen molar-refractivity contribution in [1.82, 2.24) is 14.8 Å². The first kappa shape index (κ1) is 15.1. The van der Waals surface area contributed by atoms with Gasteiger partial charge in [0.2, 0.25) is 0 Å². The molecule has 0 bridgehead atoms. The highest BCUT2D eigenvalue weighted by Gasteiger charge is 2.18. The Hall–Kier alpha value is -2.86. The molecule has 0 radical (unpaired) electrons. The van der Waals surface area contributed by atoms with Gasteiger partial charge in [-0.1, -0.05) is 11.6 Å². The fourth-order valence-corrected chi connectivity index (χ4v) is 2.22. The molecule has 3 aromatic rings. The number of rotatable bonds is 4. The Morgan fingerprint density at radius 2 is 1.78 bits per heavy atom. The van der Waals surface area contributed by atoms with Gasteiger partial charge in [-0.25, -0.2) is 14.5 Å². The third-order valence-electron chi connectivity index (χ3n) is 3.22. The fraction of sp³-hybridized carbons (Fsp3) is 0.0625. The van der Waals surface area contributed by atoms with Crippen LogP contribution < -0.4 is 4.74 Å². The van der Waals surface area contributed by atoms with Gasteiger partial charge < -0.3 is 9.84 Å². The lowest BCUT2D eigenvalue weighted by atomic mass is 10.2. The number of aromatic nitrogens is 3. The van der Waals surface area contributed by atoms with Crippen molar-refractivity contribution in [1.29, 1.82) is 0 Å². The summed E-state index contributed by atoms with van der Waals surface area (Å²) in [5.74, 6) is -0.345. The van der Waals surface area contributed by atoms with Gasteiger partial charge in [0.15, 0.2) is 5.82 Å². The van der Waals surface area contributed by atoms with Crippen LogP contribution in [0.25, 0.3) is 17.1 Å². The van der Waals surface area contributed by atoms with E-state index in [0.717, 1.165) is 0 Å². The molecule has 0 amide bonds. The van der Waals surface area contributed by atoms with E-state index < -0.39 is 5.97 Å². The van der Waals surface area contributed by atoms with Crippen LogP contribution in [0.2, 0.25) is 5.02 Å². The maximum absolute atomic E-state index is 11.2. The summed E-state index contributed by atoms with van der Waals surface area (Å²) in [6, 6.07) is 14.0. The van der Waals surface area contributed by atoms with Crippen LogP contribution >= 0.6 is 11.6 Å². The molecule has 0 atom stereocenters. The molecule has 0 unspecified atom stereocenters. The second-order valence-corrected chi connectivity index (χ2v) is 5.12. The first-order chi connectivity index (χ1) is 11.1. The Morgan fingerprint density at radius 1 is 1.13 bits per heavy atom. The maximum Gasteiger partial charge on any atom is 0.375 e. The van der Waals surface area contributed by atoms with Gasteiger partial charge >= 0.3 is 5.97 Å². The summed E-state index contributed by atoms with van der Waals surface area (Å²) in [6.07, 6.45) is 0. The van der Waals surface area contributed by atoms with Crippen molar-refractivity contribution in [2.75, 3.05) is 7.11 Å². The molecule has 0 saturated heterocycles. The molecule has 1 aromatic heterocycles. The molecule has 0 aliphatic carbocycles. The van der Waals surface area contributed by atoms with Gasteiger partial charge in [0, 0.05) is 10.6 Å². The van der Waals surface area contributed by atoms with Crippen LogP contribution in [0, 0.1) is 0 Å². The number of ether oxygens (including phenoxy) is 1. The van der Waals surface area contributed by atoms with E-state index in [-0.39, 0.29) is 5.82 Å². The van der Waals surface area contributed by atoms with E-state index in [2.05, 4.69) is 10.1 Å². The van der Waals surface area contributed by atoms with Gasteiger partial charge in [-0.15, -0.1) is 5.10 Å². The first-order valence-electron chi connectivity index (χ1n) is 6.69. The minimum absolute atomic E-state index is 0.272. The number of halogens is 1. The van der Waals surface area contributed by atoms with E-state index in [1.54, 1.807) is 55.6 Å². The summed E-state index contributed by atoms with van der Waals surface area (Å²) in [4.78, 5) is 15.3. The molecule has 1 N–H and O–H groups in total. The van der Waals surface area contributed by atoms with Gasteiger partial charge in [0.25, 0.3) is 5.82 Å². The molecular formula is C16H12ClN3O3. The number of carboxylic acids is 1. The summed E-state index contributed by atoms with van der Waals surface area (Å²) < 4.78 is 6.60. The standard InChI is InChI=1S/C16H12ClN3O3/c1-23-13-8-6-12(7-9-13)20-15(18-14(19-20)16(21)22)10-2-4-11(17)5-3-10/h2-9H,1H3,(H,21,22). The predicted octanol–water partition coefficient (Wildman–Crippen LogP) is 3.29. The van der Waals surface area contributed by atoms with E-state index in [9.17, 15) is 4.79 Å². The average molecular weight is 330 g/mol. The average Bonchev–Trinajstić information content (AvgIpc) is 3.01. The molecular weight excluding hydrogens is 318 g/mol. The quantitative estimate of drug-likeness (QED) is 0.794. The molecule has 2 aromatic carbocycles. The van der Waals surface area contributed by atoms with E-state index in [1.807, 2.05) is 0 Å². The highest BCUT2D eigenvalue weighted by atomic mass is 35.5. The van der Waals surface area contributed by atoms with Crippen LogP contribution in [0.3, 0.4) is 0 Å². The largest absolute Gasteiger partial charge is 0.497 e. The maximum atomic E-state index is 11.2. The van der Waals surface area contributed by atoms with Crippen LogP contribution in [-0.2, 0) is 0 Å². The predicted molar refractivity (Wildman–Crippen MR) is 85.3 cm³/mol. The second-order valence-electron chi connectivity index (χ2n) is 4.68. The lowest BCUT2D eigenvalue weighted by molar-refractivity contribution is 0.0683. The van der Waals surface area contributed by atoms with E-state index in [4.69, 9.17) is 21.4 Å². The topological polar surface area (TPSA) is 77.2 Å². The normalized spacial score (nSPS) is 10.5. The molecule has 0 aliphatic heterocycles. The van der Waals surface area contributed by atoms with Crippen molar-refractivity contribution in [3.63, 3.8) is 0 Å². The fourth-order valence-electron chi connectivity index (χ4n) is 2.09. The van der Waals surface area contributed by atoms with Crippen molar-refractivity contribution >= 4 is 17.6 Å². The third-order valence-corrected chi connectivity index (χ3v) is 3.47. The Morgan fingerprint density at radius 3 is 2.35 bits per heavy atom. The highest BCUT2D eigenvalue weighted by molar-refractivity contribution is 6.30. The van der Waals surface area contributed by atoms with Crippen LogP contribution in [-0.4, -0.2) is 33.0 Å². The number of carboxylic acid groups (broad SMARTS) is 1. The zero-order valence-electron chi connectivity index (χ0n) is 12.1. The molecule has 3 rings (SSSR count). The summed E-state index contributed by atoms with van der Waals surface area (Å²) in [5, 5.41) is 13.8. The van der Waals surface area contributed by atoms with Crippen LogP contribution in [0.15, 0.2) is 48.5 Å². The highest BCUT2D eigenvalue weighted by Crippen LogP contribution is 2.24. The summed E-state index contributed by atoms with van der Waals surface area (Å²) in [6.45, 7) is 0. The van der Waals surface area contributed by atoms with Crippen LogP contribution in [0.1, 0.15) is 10.6 Å². The van der Waals surface area contributed by atoms with Crippen molar-refractivity contribution in [2.24, 2.45) is 0 Å². The molecule has 0 fully saturated rings. The number of methoxy groups -OCH3 is 1. The minimum atomic E-state index is -1.19. The monoisotopic (exact) mass is 329 g/mol. The summed E-state index contributed by atoms with van der Waals surface area (Å²) in [7, 11) is 1.58. The Balaban J connectivity index is 2.13. The van der Waals surface area contributed by atoms with Crippen LogP contribution in [0.5, 0.6) is 5.75 Å². The molecule has 0 aliphatic rings. The van der Waals surface area contributed by atoms with Gasteiger partial charge in [-0.05, 0) is 48.5 Å².